The molecule has 0 radical (unpaired) electrons. The zero-order valence-corrected chi connectivity index (χ0v) is 14.2. The summed E-state index contributed by atoms with van der Waals surface area (Å²) in [5.74, 6) is 2.41. The summed E-state index contributed by atoms with van der Waals surface area (Å²) in [6.07, 6.45) is 2.50. The van der Waals surface area contributed by atoms with Crippen molar-refractivity contribution in [1.29, 1.82) is 0 Å². The van der Waals surface area contributed by atoms with Crippen molar-refractivity contribution < 1.29 is 0 Å². The summed E-state index contributed by atoms with van der Waals surface area (Å²) in [6.45, 7) is 4.22. The number of aromatic nitrogens is 2. The Balaban J connectivity index is 2.18. The minimum absolute atomic E-state index is 0.626. The molecule has 4 heteroatoms. The minimum Gasteiger partial charge on any atom is -0.372 e. The molecule has 0 amide bonds. The topological polar surface area (TPSA) is 37.8 Å². The van der Waals surface area contributed by atoms with E-state index in [9.17, 15) is 0 Å². The summed E-state index contributed by atoms with van der Waals surface area (Å²) in [4.78, 5) is 9.56. The zero-order valence-electron chi connectivity index (χ0n) is 12.0. The second-order valence-corrected chi connectivity index (χ2v) is 6.52. The molecule has 3 nitrogen and oxygen atoms in total. The molecule has 0 saturated heterocycles. The molecular weight excluding hydrogens is 361 g/mol. The van der Waals surface area contributed by atoms with Crippen LogP contribution in [0.2, 0.25) is 0 Å². The maximum atomic E-state index is 4.86. The molecule has 1 aliphatic carbocycles. The van der Waals surface area contributed by atoms with Gasteiger partial charge in [0.15, 0.2) is 5.82 Å². The van der Waals surface area contributed by atoms with E-state index in [4.69, 9.17) is 9.97 Å². The first-order valence-electron chi connectivity index (χ1n) is 6.93. The van der Waals surface area contributed by atoms with Gasteiger partial charge in [-0.3, -0.25) is 0 Å². The van der Waals surface area contributed by atoms with E-state index in [1.54, 1.807) is 0 Å². The molecule has 1 heterocycles. The lowest BCUT2D eigenvalue weighted by Crippen LogP contribution is -2.05. The van der Waals surface area contributed by atoms with Gasteiger partial charge in [0.25, 0.3) is 0 Å². The standard InChI is InChI=1S/C16H18IN3/c1-9-4-5-10(2)12(8-9)15-19-14(11-6-7-11)13(17)16(18-3)20-15/h4-5,8,11H,6-7H2,1-3H3,(H,18,19,20). The van der Waals surface area contributed by atoms with E-state index in [-0.39, 0.29) is 0 Å². The monoisotopic (exact) mass is 379 g/mol. The molecule has 0 atom stereocenters. The second kappa shape index (κ2) is 5.31. The van der Waals surface area contributed by atoms with Gasteiger partial charge in [0.1, 0.15) is 5.82 Å². The summed E-state index contributed by atoms with van der Waals surface area (Å²) in [7, 11) is 1.92. The number of hydrogen-bond donors (Lipinski definition) is 1. The quantitative estimate of drug-likeness (QED) is 0.809. The molecule has 0 spiro atoms. The van der Waals surface area contributed by atoms with Crippen molar-refractivity contribution in [2.24, 2.45) is 0 Å². The van der Waals surface area contributed by atoms with Gasteiger partial charge in [-0.1, -0.05) is 17.7 Å². The van der Waals surface area contributed by atoms with Crippen LogP contribution in [0.4, 0.5) is 5.82 Å². The molecule has 0 aliphatic heterocycles. The predicted molar refractivity (Wildman–Crippen MR) is 91.2 cm³/mol. The van der Waals surface area contributed by atoms with E-state index in [0.717, 1.165) is 17.2 Å². The number of aryl methyl sites for hydroxylation is 2. The molecule has 3 rings (SSSR count). The van der Waals surface area contributed by atoms with Crippen molar-refractivity contribution in [3.8, 4) is 11.4 Å². The fourth-order valence-electron chi connectivity index (χ4n) is 2.35. The lowest BCUT2D eigenvalue weighted by molar-refractivity contribution is 0.977. The first-order chi connectivity index (χ1) is 9.60. The van der Waals surface area contributed by atoms with Crippen LogP contribution in [0.25, 0.3) is 11.4 Å². The summed E-state index contributed by atoms with van der Waals surface area (Å²) < 4.78 is 1.17. The van der Waals surface area contributed by atoms with Crippen LogP contribution in [0.3, 0.4) is 0 Å². The molecule has 1 aliphatic rings. The Morgan fingerprint density at radius 1 is 1.20 bits per heavy atom. The van der Waals surface area contributed by atoms with Crippen LogP contribution in [-0.2, 0) is 0 Å². The third-order valence-corrected chi connectivity index (χ3v) is 4.78. The lowest BCUT2D eigenvalue weighted by Gasteiger charge is -2.12. The Hall–Kier alpha value is -1.17. The SMILES string of the molecule is CNc1nc(-c2cc(C)ccc2C)nc(C2CC2)c1I. The van der Waals surface area contributed by atoms with Crippen LogP contribution in [-0.4, -0.2) is 17.0 Å². The van der Waals surface area contributed by atoms with E-state index >= 15 is 0 Å². The van der Waals surface area contributed by atoms with E-state index in [1.165, 1.54) is 33.2 Å². The highest BCUT2D eigenvalue weighted by molar-refractivity contribution is 14.1. The van der Waals surface area contributed by atoms with Crippen LogP contribution in [0.5, 0.6) is 0 Å². The minimum atomic E-state index is 0.626. The van der Waals surface area contributed by atoms with Crippen molar-refractivity contribution in [2.75, 3.05) is 12.4 Å². The van der Waals surface area contributed by atoms with Gasteiger partial charge in [-0.25, -0.2) is 9.97 Å². The number of nitrogens with one attached hydrogen (secondary N) is 1. The molecule has 1 aromatic carbocycles. The van der Waals surface area contributed by atoms with Crippen LogP contribution in [0.1, 0.15) is 35.6 Å². The van der Waals surface area contributed by atoms with Gasteiger partial charge in [0.2, 0.25) is 0 Å². The number of anilines is 1. The van der Waals surface area contributed by atoms with Gasteiger partial charge < -0.3 is 5.32 Å². The molecule has 2 aromatic rings. The van der Waals surface area contributed by atoms with Crippen LogP contribution in [0.15, 0.2) is 18.2 Å². The Kier molecular flexibility index (Phi) is 3.67. The Morgan fingerprint density at radius 2 is 1.95 bits per heavy atom. The van der Waals surface area contributed by atoms with E-state index < -0.39 is 0 Å². The van der Waals surface area contributed by atoms with E-state index in [2.05, 4.69) is 60.0 Å². The normalized spacial score (nSPS) is 14.4. The third-order valence-electron chi connectivity index (χ3n) is 3.71. The second-order valence-electron chi connectivity index (χ2n) is 5.44. The van der Waals surface area contributed by atoms with Crippen molar-refractivity contribution >= 4 is 28.4 Å². The van der Waals surface area contributed by atoms with E-state index in [0.29, 0.717) is 5.92 Å². The molecule has 20 heavy (non-hydrogen) atoms. The highest BCUT2D eigenvalue weighted by Gasteiger charge is 2.29. The first kappa shape index (κ1) is 13.8. The fourth-order valence-corrected chi connectivity index (χ4v) is 3.31. The predicted octanol–water partition coefficient (Wildman–Crippen LogP) is 4.28. The van der Waals surface area contributed by atoms with Crippen LogP contribution < -0.4 is 5.32 Å². The number of halogens is 1. The maximum absolute atomic E-state index is 4.86. The molecule has 0 bridgehead atoms. The summed E-state index contributed by atoms with van der Waals surface area (Å²) in [5, 5.41) is 3.20. The maximum Gasteiger partial charge on any atom is 0.162 e. The van der Waals surface area contributed by atoms with Crippen LogP contribution in [0, 0.1) is 17.4 Å². The number of nitrogens with zero attached hydrogens (tertiary/aromatic N) is 2. The number of rotatable bonds is 3. The molecule has 1 aromatic heterocycles. The Labute approximate surface area is 133 Å². The van der Waals surface area contributed by atoms with Gasteiger partial charge in [-0.2, -0.15) is 0 Å². The molecule has 104 valence electrons. The fraction of sp³-hybridized carbons (Fsp3) is 0.375. The Morgan fingerprint density at radius 3 is 2.60 bits per heavy atom. The number of hydrogen-bond acceptors (Lipinski definition) is 3. The van der Waals surface area contributed by atoms with Crippen molar-refractivity contribution in [3.05, 3.63) is 38.6 Å². The average Bonchev–Trinajstić information content (AvgIpc) is 3.26. The molecule has 0 unspecified atom stereocenters. The summed E-state index contributed by atoms with van der Waals surface area (Å²) in [6, 6.07) is 6.45. The Bertz CT molecular complexity index is 663. The molecule has 1 N–H and O–H groups in total. The smallest absolute Gasteiger partial charge is 0.162 e. The van der Waals surface area contributed by atoms with Crippen molar-refractivity contribution in [3.63, 3.8) is 0 Å². The average molecular weight is 379 g/mol. The summed E-state index contributed by atoms with van der Waals surface area (Å²) >= 11 is 2.36. The largest absolute Gasteiger partial charge is 0.372 e. The van der Waals surface area contributed by atoms with Gasteiger partial charge in [0.05, 0.1) is 9.26 Å². The van der Waals surface area contributed by atoms with Gasteiger partial charge in [-0.05, 0) is 60.9 Å². The van der Waals surface area contributed by atoms with Gasteiger partial charge >= 0.3 is 0 Å². The van der Waals surface area contributed by atoms with Gasteiger partial charge in [0, 0.05) is 18.5 Å². The van der Waals surface area contributed by atoms with E-state index in [1.807, 2.05) is 7.05 Å². The molecule has 1 saturated carbocycles. The van der Waals surface area contributed by atoms with Crippen LogP contribution >= 0.6 is 22.6 Å². The van der Waals surface area contributed by atoms with Crippen molar-refractivity contribution in [2.45, 2.75) is 32.6 Å². The number of benzene rings is 1. The van der Waals surface area contributed by atoms with Crippen molar-refractivity contribution in [1.82, 2.24) is 9.97 Å². The highest BCUT2D eigenvalue weighted by atomic mass is 127. The molecule has 1 fully saturated rings. The summed E-state index contributed by atoms with van der Waals surface area (Å²) in [5.41, 5.74) is 4.81. The third kappa shape index (κ3) is 2.53. The molecular formula is C16H18IN3. The zero-order chi connectivity index (χ0) is 14.3. The highest BCUT2D eigenvalue weighted by Crippen LogP contribution is 2.43. The lowest BCUT2D eigenvalue weighted by atomic mass is 10.0. The first-order valence-corrected chi connectivity index (χ1v) is 8.01. The van der Waals surface area contributed by atoms with Gasteiger partial charge in [-0.15, -0.1) is 0 Å².